The number of fused-ring (bicyclic) bond motifs is 1. The predicted molar refractivity (Wildman–Crippen MR) is 110 cm³/mol. The van der Waals surface area contributed by atoms with Gasteiger partial charge in [0.15, 0.2) is 0 Å². The van der Waals surface area contributed by atoms with Crippen molar-refractivity contribution in [2.45, 2.75) is 6.18 Å². The van der Waals surface area contributed by atoms with Gasteiger partial charge >= 0.3 is 6.18 Å². The van der Waals surface area contributed by atoms with E-state index in [0.717, 1.165) is 25.7 Å². The number of halogens is 3. The van der Waals surface area contributed by atoms with Gasteiger partial charge in [0, 0.05) is 50.9 Å². The Balaban J connectivity index is 1.35. The second-order valence-corrected chi connectivity index (χ2v) is 7.91. The van der Waals surface area contributed by atoms with Crippen LogP contribution in [0.3, 0.4) is 0 Å². The van der Waals surface area contributed by atoms with Crippen molar-refractivity contribution in [2.75, 3.05) is 44.2 Å². The highest BCUT2D eigenvalue weighted by molar-refractivity contribution is 7.12. The van der Waals surface area contributed by atoms with Crippen LogP contribution in [-0.2, 0) is 6.18 Å². The molecule has 3 aromatic rings. The van der Waals surface area contributed by atoms with Gasteiger partial charge in [-0.1, -0.05) is 6.07 Å². The summed E-state index contributed by atoms with van der Waals surface area (Å²) < 4.78 is 38.8. The highest BCUT2D eigenvalue weighted by atomic mass is 32.1. The second-order valence-electron chi connectivity index (χ2n) is 6.96. The second kappa shape index (κ2) is 8.57. The maximum Gasteiger partial charge on any atom is 0.433 e. The third kappa shape index (κ3) is 4.54. The van der Waals surface area contributed by atoms with Crippen LogP contribution in [0.5, 0.6) is 0 Å². The van der Waals surface area contributed by atoms with E-state index in [1.165, 1.54) is 29.7 Å². The fourth-order valence-corrected chi connectivity index (χ4v) is 4.09. The van der Waals surface area contributed by atoms with Crippen LogP contribution in [0.1, 0.15) is 15.4 Å². The molecule has 158 valence electrons. The SMILES string of the molecule is O=C(NCCN1CCN(c2nccc3nc(C(F)(F)F)ccc23)CC1)c1cccs1. The number of aromatic nitrogens is 2. The van der Waals surface area contributed by atoms with Crippen LogP contribution in [0.25, 0.3) is 10.9 Å². The number of hydrogen-bond donors (Lipinski definition) is 1. The Hall–Kier alpha value is -2.72. The Kier molecular flexibility index (Phi) is 5.87. The minimum Gasteiger partial charge on any atom is -0.353 e. The van der Waals surface area contributed by atoms with Gasteiger partial charge in [-0.2, -0.15) is 13.2 Å². The van der Waals surface area contributed by atoms with Gasteiger partial charge in [-0.05, 0) is 29.6 Å². The molecular weight excluding hydrogens is 415 g/mol. The number of rotatable bonds is 5. The number of carbonyl (C=O) groups excluding carboxylic acids is 1. The largest absolute Gasteiger partial charge is 0.433 e. The van der Waals surface area contributed by atoms with E-state index in [4.69, 9.17) is 0 Å². The fraction of sp³-hybridized carbons (Fsp3) is 0.350. The quantitative estimate of drug-likeness (QED) is 0.667. The minimum atomic E-state index is -4.47. The molecule has 1 N–H and O–H groups in total. The van der Waals surface area contributed by atoms with Crippen LogP contribution >= 0.6 is 11.3 Å². The summed E-state index contributed by atoms with van der Waals surface area (Å²) in [5.74, 6) is 0.591. The number of anilines is 1. The topological polar surface area (TPSA) is 61.4 Å². The third-order valence-corrected chi connectivity index (χ3v) is 5.88. The Bertz CT molecular complexity index is 1020. The zero-order chi connectivity index (χ0) is 21.1. The molecule has 0 atom stereocenters. The van der Waals surface area contributed by atoms with Crippen molar-refractivity contribution >= 4 is 34.0 Å². The lowest BCUT2D eigenvalue weighted by Crippen LogP contribution is -2.48. The van der Waals surface area contributed by atoms with Gasteiger partial charge in [-0.3, -0.25) is 9.69 Å². The van der Waals surface area contributed by atoms with Crippen molar-refractivity contribution < 1.29 is 18.0 Å². The maximum atomic E-state index is 12.9. The molecule has 1 aliphatic heterocycles. The molecule has 0 radical (unpaired) electrons. The van der Waals surface area contributed by atoms with Crippen LogP contribution in [0.2, 0.25) is 0 Å². The Morgan fingerprint density at radius 2 is 1.93 bits per heavy atom. The summed E-state index contributed by atoms with van der Waals surface area (Å²) >= 11 is 1.41. The van der Waals surface area contributed by atoms with E-state index >= 15 is 0 Å². The fourth-order valence-electron chi connectivity index (χ4n) is 3.45. The van der Waals surface area contributed by atoms with Crippen molar-refractivity contribution in [2.24, 2.45) is 0 Å². The summed E-state index contributed by atoms with van der Waals surface area (Å²) in [5, 5.41) is 5.40. The van der Waals surface area contributed by atoms with Gasteiger partial charge in [0.2, 0.25) is 0 Å². The standard InChI is InChI=1S/C20H20F3N5OS/c21-20(22,23)17-4-3-14-15(26-17)5-6-24-18(14)28-11-9-27(10-12-28)8-7-25-19(29)16-2-1-13-30-16/h1-6,13H,7-12H2,(H,25,29). The van der Waals surface area contributed by atoms with E-state index in [0.29, 0.717) is 35.7 Å². The Morgan fingerprint density at radius 1 is 1.13 bits per heavy atom. The minimum absolute atomic E-state index is 0.0608. The molecule has 30 heavy (non-hydrogen) atoms. The number of thiophene rings is 1. The molecular formula is C20H20F3N5OS. The van der Waals surface area contributed by atoms with Gasteiger partial charge in [0.05, 0.1) is 10.4 Å². The summed E-state index contributed by atoms with van der Waals surface area (Å²) in [6.45, 7) is 4.26. The molecule has 6 nitrogen and oxygen atoms in total. The molecule has 1 amide bonds. The zero-order valence-corrected chi connectivity index (χ0v) is 16.8. The van der Waals surface area contributed by atoms with Gasteiger partial charge in [-0.15, -0.1) is 11.3 Å². The number of amides is 1. The Morgan fingerprint density at radius 3 is 2.63 bits per heavy atom. The summed E-state index contributed by atoms with van der Waals surface area (Å²) in [5.41, 5.74) is -0.616. The molecule has 10 heteroatoms. The van der Waals surface area contributed by atoms with Crippen molar-refractivity contribution in [3.63, 3.8) is 0 Å². The first-order chi connectivity index (χ1) is 14.4. The van der Waals surface area contributed by atoms with Crippen LogP contribution < -0.4 is 10.2 Å². The number of nitrogens with one attached hydrogen (secondary N) is 1. The van der Waals surface area contributed by atoms with Gasteiger partial charge in [-0.25, -0.2) is 9.97 Å². The molecule has 0 spiro atoms. The lowest BCUT2D eigenvalue weighted by atomic mass is 10.2. The molecule has 1 saturated heterocycles. The van der Waals surface area contributed by atoms with Crippen molar-refractivity contribution in [1.82, 2.24) is 20.2 Å². The monoisotopic (exact) mass is 435 g/mol. The van der Waals surface area contributed by atoms with E-state index < -0.39 is 11.9 Å². The number of pyridine rings is 2. The normalized spacial score (nSPS) is 15.5. The molecule has 0 aliphatic carbocycles. The van der Waals surface area contributed by atoms with E-state index in [2.05, 4.69) is 25.1 Å². The van der Waals surface area contributed by atoms with Crippen LogP contribution in [0, 0.1) is 0 Å². The molecule has 1 fully saturated rings. The van der Waals surface area contributed by atoms with Crippen molar-refractivity contribution in [3.8, 4) is 0 Å². The van der Waals surface area contributed by atoms with Crippen LogP contribution in [0.4, 0.5) is 19.0 Å². The average molecular weight is 435 g/mol. The van der Waals surface area contributed by atoms with Crippen molar-refractivity contribution in [1.29, 1.82) is 0 Å². The van der Waals surface area contributed by atoms with Gasteiger partial charge < -0.3 is 10.2 Å². The third-order valence-electron chi connectivity index (χ3n) is 5.02. The highest BCUT2D eigenvalue weighted by Gasteiger charge is 2.32. The summed E-state index contributed by atoms with van der Waals surface area (Å²) in [7, 11) is 0. The molecule has 0 unspecified atom stereocenters. The lowest BCUT2D eigenvalue weighted by Gasteiger charge is -2.35. The average Bonchev–Trinajstić information content (AvgIpc) is 3.28. The van der Waals surface area contributed by atoms with Crippen LogP contribution in [-0.4, -0.2) is 60.0 Å². The molecule has 0 bridgehead atoms. The van der Waals surface area contributed by atoms with Gasteiger partial charge in [0.25, 0.3) is 5.91 Å². The molecule has 0 aromatic carbocycles. The molecule has 4 heterocycles. The van der Waals surface area contributed by atoms with E-state index in [1.807, 2.05) is 11.4 Å². The molecule has 3 aromatic heterocycles. The van der Waals surface area contributed by atoms with E-state index in [1.54, 1.807) is 6.07 Å². The molecule has 4 rings (SSSR count). The smallest absolute Gasteiger partial charge is 0.353 e. The summed E-state index contributed by atoms with van der Waals surface area (Å²) in [6.07, 6.45) is -2.97. The van der Waals surface area contributed by atoms with Gasteiger partial charge in [0.1, 0.15) is 11.5 Å². The molecule has 1 aliphatic rings. The number of hydrogen-bond acceptors (Lipinski definition) is 6. The number of carbonyl (C=O) groups is 1. The first kappa shape index (κ1) is 20.5. The first-order valence-electron chi connectivity index (χ1n) is 9.54. The lowest BCUT2D eigenvalue weighted by molar-refractivity contribution is -0.140. The van der Waals surface area contributed by atoms with Crippen LogP contribution in [0.15, 0.2) is 41.9 Å². The zero-order valence-electron chi connectivity index (χ0n) is 16.0. The summed E-state index contributed by atoms with van der Waals surface area (Å²) in [4.78, 5) is 25.1. The highest BCUT2D eigenvalue weighted by Crippen LogP contribution is 2.31. The number of alkyl halides is 3. The maximum absolute atomic E-state index is 12.9. The predicted octanol–water partition coefficient (Wildman–Crippen LogP) is 3.26. The first-order valence-corrected chi connectivity index (χ1v) is 10.4. The number of piperazine rings is 1. The van der Waals surface area contributed by atoms with Crippen molar-refractivity contribution in [3.05, 3.63) is 52.5 Å². The number of nitrogens with zero attached hydrogens (tertiary/aromatic N) is 4. The summed E-state index contributed by atoms with van der Waals surface area (Å²) in [6, 6.07) is 7.59. The van der Waals surface area contributed by atoms with E-state index in [-0.39, 0.29) is 11.4 Å². The Labute approximate surface area is 175 Å². The van der Waals surface area contributed by atoms with E-state index in [9.17, 15) is 18.0 Å². The molecule has 0 saturated carbocycles.